The van der Waals surface area contributed by atoms with Crippen LogP contribution in [0.3, 0.4) is 0 Å². The SMILES string of the molecule is COc1cc(C=C(C)C(=O)c2ccc(N(C)C)c(N)c2)cc(OC)c1OC. The lowest BCUT2D eigenvalue weighted by atomic mass is 10.0. The molecule has 0 aliphatic rings. The van der Waals surface area contributed by atoms with Crippen molar-refractivity contribution in [2.24, 2.45) is 0 Å². The number of hydrogen-bond donors (Lipinski definition) is 1. The highest BCUT2D eigenvalue weighted by molar-refractivity contribution is 6.11. The number of methoxy groups -OCH3 is 3. The van der Waals surface area contributed by atoms with Gasteiger partial charge in [0.1, 0.15) is 0 Å². The Bertz CT molecular complexity index is 847. The molecule has 2 aromatic carbocycles. The molecule has 0 amide bonds. The van der Waals surface area contributed by atoms with Crippen LogP contribution in [0.2, 0.25) is 0 Å². The van der Waals surface area contributed by atoms with Crippen molar-refractivity contribution in [3.8, 4) is 17.2 Å². The smallest absolute Gasteiger partial charge is 0.203 e. The first kappa shape index (κ1) is 20.2. The van der Waals surface area contributed by atoms with Crippen LogP contribution < -0.4 is 24.8 Å². The monoisotopic (exact) mass is 370 g/mol. The Labute approximate surface area is 160 Å². The third-order valence-corrected chi connectivity index (χ3v) is 4.20. The van der Waals surface area contributed by atoms with Gasteiger partial charge in [-0.1, -0.05) is 0 Å². The molecule has 27 heavy (non-hydrogen) atoms. The number of carbonyl (C=O) groups is 1. The Morgan fingerprint density at radius 1 is 1.00 bits per heavy atom. The van der Waals surface area contributed by atoms with Gasteiger partial charge in [-0.2, -0.15) is 0 Å². The van der Waals surface area contributed by atoms with Gasteiger partial charge >= 0.3 is 0 Å². The maximum Gasteiger partial charge on any atom is 0.203 e. The van der Waals surface area contributed by atoms with Crippen LogP contribution in [0.4, 0.5) is 11.4 Å². The number of rotatable bonds is 7. The number of nitrogens with zero attached hydrogens (tertiary/aromatic N) is 1. The average Bonchev–Trinajstić information content (AvgIpc) is 2.65. The van der Waals surface area contributed by atoms with Gasteiger partial charge < -0.3 is 24.8 Å². The topological polar surface area (TPSA) is 74.0 Å². The fourth-order valence-corrected chi connectivity index (χ4v) is 2.83. The normalized spacial score (nSPS) is 11.1. The number of carbonyl (C=O) groups excluding carboxylic acids is 1. The predicted molar refractivity (Wildman–Crippen MR) is 109 cm³/mol. The van der Waals surface area contributed by atoms with Crippen LogP contribution in [0.25, 0.3) is 6.08 Å². The summed E-state index contributed by atoms with van der Waals surface area (Å²) in [5.41, 5.74) is 9.38. The lowest BCUT2D eigenvalue weighted by Gasteiger charge is -2.16. The van der Waals surface area contributed by atoms with Crippen LogP contribution in [0.5, 0.6) is 17.2 Å². The lowest BCUT2D eigenvalue weighted by molar-refractivity contribution is 0.103. The van der Waals surface area contributed by atoms with Gasteiger partial charge in [0.2, 0.25) is 5.75 Å². The maximum atomic E-state index is 12.8. The molecule has 0 heterocycles. The first-order valence-corrected chi connectivity index (χ1v) is 8.42. The number of hydrogen-bond acceptors (Lipinski definition) is 6. The van der Waals surface area contributed by atoms with E-state index in [1.165, 1.54) is 0 Å². The molecule has 0 bridgehead atoms. The first-order valence-electron chi connectivity index (χ1n) is 8.42. The van der Waals surface area contributed by atoms with Crippen molar-refractivity contribution in [2.75, 3.05) is 46.1 Å². The Balaban J connectivity index is 2.39. The molecule has 6 heteroatoms. The molecule has 0 aliphatic carbocycles. The minimum Gasteiger partial charge on any atom is -0.493 e. The van der Waals surface area contributed by atoms with E-state index in [9.17, 15) is 4.79 Å². The highest BCUT2D eigenvalue weighted by Crippen LogP contribution is 2.38. The third kappa shape index (κ3) is 4.34. The number of benzene rings is 2. The minimum absolute atomic E-state index is 0.0965. The number of allylic oxidation sites excluding steroid dienone is 1. The van der Waals surface area contributed by atoms with E-state index in [-0.39, 0.29) is 5.78 Å². The van der Waals surface area contributed by atoms with Crippen molar-refractivity contribution >= 4 is 23.2 Å². The van der Waals surface area contributed by atoms with E-state index in [1.54, 1.807) is 58.6 Å². The summed E-state index contributed by atoms with van der Waals surface area (Å²) in [4.78, 5) is 14.7. The molecule has 0 aliphatic heterocycles. The Hall–Kier alpha value is -3.15. The number of nitrogens with two attached hydrogens (primary N) is 1. The molecule has 0 unspecified atom stereocenters. The molecule has 144 valence electrons. The van der Waals surface area contributed by atoms with Crippen molar-refractivity contribution in [3.63, 3.8) is 0 Å². The summed E-state index contributed by atoms with van der Waals surface area (Å²) in [7, 11) is 8.47. The molecule has 0 radical (unpaired) electrons. The van der Waals surface area contributed by atoms with E-state index in [2.05, 4.69) is 0 Å². The first-order chi connectivity index (χ1) is 12.8. The van der Waals surface area contributed by atoms with E-state index < -0.39 is 0 Å². The second-order valence-electron chi connectivity index (χ2n) is 6.28. The second kappa shape index (κ2) is 8.49. The minimum atomic E-state index is -0.0965. The number of anilines is 2. The van der Waals surface area contributed by atoms with Gasteiger partial charge in [-0.05, 0) is 54.5 Å². The zero-order valence-electron chi connectivity index (χ0n) is 16.6. The van der Waals surface area contributed by atoms with Crippen LogP contribution in [0, 0.1) is 0 Å². The van der Waals surface area contributed by atoms with E-state index in [1.807, 2.05) is 25.1 Å². The van der Waals surface area contributed by atoms with Crippen molar-refractivity contribution < 1.29 is 19.0 Å². The molecule has 0 saturated heterocycles. The molecule has 0 fully saturated rings. The van der Waals surface area contributed by atoms with Gasteiger partial charge in [-0.3, -0.25) is 4.79 Å². The van der Waals surface area contributed by atoms with Crippen LogP contribution in [-0.4, -0.2) is 41.2 Å². The van der Waals surface area contributed by atoms with E-state index in [0.29, 0.717) is 34.1 Å². The standard InChI is InChI=1S/C21H26N2O4/c1-13(20(24)15-7-8-17(23(2)3)16(22)12-15)9-14-10-18(25-4)21(27-6)19(11-14)26-5/h7-12H,22H2,1-6H3. The molecular formula is C21H26N2O4. The van der Waals surface area contributed by atoms with Crippen molar-refractivity contribution in [3.05, 3.63) is 47.0 Å². The van der Waals surface area contributed by atoms with Crippen LogP contribution in [-0.2, 0) is 0 Å². The van der Waals surface area contributed by atoms with Gasteiger partial charge in [0, 0.05) is 19.7 Å². The van der Waals surface area contributed by atoms with Gasteiger partial charge in [0.25, 0.3) is 0 Å². The predicted octanol–water partition coefficient (Wildman–Crippen LogP) is 3.65. The van der Waals surface area contributed by atoms with Crippen molar-refractivity contribution in [2.45, 2.75) is 6.92 Å². The maximum absolute atomic E-state index is 12.8. The van der Waals surface area contributed by atoms with E-state index in [4.69, 9.17) is 19.9 Å². The van der Waals surface area contributed by atoms with Crippen LogP contribution in [0.15, 0.2) is 35.9 Å². The Morgan fingerprint density at radius 3 is 2.04 bits per heavy atom. The fourth-order valence-electron chi connectivity index (χ4n) is 2.83. The highest BCUT2D eigenvalue weighted by Gasteiger charge is 2.15. The highest BCUT2D eigenvalue weighted by atomic mass is 16.5. The quantitative estimate of drug-likeness (QED) is 0.456. The van der Waals surface area contributed by atoms with Crippen LogP contribution in [0.1, 0.15) is 22.8 Å². The zero-order chi connectivity index (χ0) is 20.1. The molecule has 0 atom stereocenters. The number of ether oxygens (including phenoxy) is 3. The molecular weight excluding hydrogens is 344 g/mol. The number of nitrogen functional groups attached to an aromatic ring is 1. The summed E-state index contributed by atoms with van der Waals surface area (Å²) in [6, 6.07) is 8.91. The van der Waals surface area contributed by atoms with Crippen molar-refractivity contribution in [1.29, 1.82) is 0 Å². The molecule has 0 spiro atoms. The average molecular weight is 370 g/mol. The number of ketones is 1. The Morgan fingerprint density at radius 2 is 1.59 bits per heavy atom. The van der Waals surface area contributed by atoms with Crippen LogP contribution >= 0.6 is 0 Å². The summed E-state index contributed by atoms with van der Waals surface area (Å²) >= 11 is 0. The largest absolute Gasteiger partial charge is 0.493 e. The van der Waals surface area contributed by atoms with E-state index >= 15 is 0 Å². The molecule has 0 aromatic heterocycles. The second-order valence-corrected chi connectivity index (χ2v) is 6.28. The van der Waals surface area contributed by atoms with Gasteiger partial charge in [0.15, 0.2) is 17.3 Å². The summed E-state index contributed by atoms with van der Waals surface area (Å²) < 4.78 is 16.0. The van der Waals surface area contributed by atoms with Gasteiger partial charge in [-0.15, -0.1) is 0 Å². The summed E-state index contributed by atoms with van der Waals surface area (Å²) in [6.07, 6.45) is 1.78. The molecule has 2 rings (SSSR count). The summed E-state index contributed by atoms with van der Waals surface area (Å²) in [6.45, 7) is 1.77. The zero-order valence-corrected chi connectivity index (χ0v) is 16.6. The number of Topliss-reactive ketones (excluding diaryl/α,β-unsaturated/α-hetero) is 1. The van der Waals surface area contributed by atoms with Gasteiger partial charge in [-0.25, -0.2) is 0 Å². The third-order valence-electron chi connectivity index (χ3n) is 4.20. The fraction of sp³-hybridized carbons (Fsp3) is 0.286. The molecule has 6 nitrogen and oxygen atoms in total. The molecule has 0 saturated carbocycles. The van der Waals surface area contributed by atoms with Crippen molar-refractivity contribution in [1.82, 2.24) is 0 Å². The summed E-state index contributed by atoms with van der Waals surface area (Å²) in [5.74, 6) is 1.47. The van der Waals surface area contributed by atoms with E-state index in [0.717, 1.165) is 11.3 Å². The summed E-state index contributed by atoms with van der Waals surface area (Å²) in [5, 5.41) is 0. The lowest BCUT2D eigenvalue weighted by Crippen LogP contribution is -2.12. The molecule has 2 N–H and O–H groups in total. The molecule has 2 aromatic rings. The van der Waals surface area contributed by atoms with Gasteiger partial charge in [0.05, 0.1) is 32.7 Å². The Kier molecular flexibility index (Phi) is 6.34.